The van der Waals surface area contributed by atoms with Gasteiger partial charge in [-0.1, -0.05) is 6.08 Å². The number of nitrogens with zero attached hydrogens (tertiary/aromatic N) is 2. The Morgan fingerprint density at radius 1 is 1.56 bits per heavy atom. The zero-order valence-corrected chi connectivity index (χ0v) is 10.4. The third kappa shape index (κ3) is 2.32. The second kappa shape index (κ2) is 4.96. The van der Waals surface area contributed by atoms with Crippen LogP contribution in [0.4, 0.5) is 0 Å². The van der Waals surface area contributed by atoms with Crippen LogP contribution < -0.4 is 0 Å². The van der Waals surface area contributed by atoms with Crippen molar-refractivity contribution in [3.05, 3.63) is 29.6 Å². The molecule has 1 aromatic heterocycles. The Kier molecular flexibility index (Phi) is 3.88. The summed E-state index contributed by atoms with van der Waals surface area (Å²) < 4.78 is 0. The molecule has 0 saturated heterocycles. The predicted molar refractivity (Wildman–Crippen MR) is 64.4 cm³/mol. The molecule has 0 radical (unpaired) electrons. The van der Waals surface area contributed by atoms with Crippen LogP contribution in [-0.2, 0) is 0 Å². The lowest BCUT2D eigenvalue weighted by Gasteiger charge is -2.25. The summed E-state index contributed by atoms with van der Waals surface area (Å²) in [6.45, 7) is 11.9. The van der Waals surface area contributed by atoms with Gasteiger partial charge in [-0.15, -0.1) is 6.58 Å². The van der Waals surface area contributed by atoms with Gasteiger partial charge in [0.2, 0.25) is 0 Å². The molecule has 0 unspecified atom stereocenters. The van der Waals surface area contributed by atoms with Gasteiger partial charge in [0.1, 0.15) is 0 Å². The van der Waals surface area contributed by atoms with Crippen LogP contribution in [-0.4, -0.2) is 33.6 Å². The van der Waals surface area contributed by atoms with Gasteiger partial charge < -0.3 is 4.90 Å². The highest BCUT2D eigenvalue weighted by Crippen LogP contribution is 2.14. The summed E-state index contributed by atoms with van der Waals surface area (Å²) in [7, 11) is 0. The molecular formula is C12H19N3O. The van der Waals surface area contributed by atoms with Crippen molar-refractivity contribution >= 4 is 5.91 Å². The van der Waals surface area contributed by atoms with Crippen LogP contribution in [0.2, 0.25) is 0 Å². The van der Waals surface area contributed by atoms with E-state index in [1.54, 1.807) is 11.0 Å². The summed E-state index contributed by atoms with van der Waals surface area (Å²) in [5.41, 5.74) is 2.24. The van der Waals surface area contributed by atoms with E-state index in [9.17, 15) is 4.79 Å². The fraction of sp³-hybridized carbons (Fsp3) is 0.500. The maximum absolute atomic E-state index is 12.3. The number of hydrogen-bond donors (Lipinski definition) is 1. The SMILES string of the molecule is C=CCN(C(=O)c1c(C)n[nH]c1C)C(C)C. The zero-order chi connectivity index (χ0) is 12.3. The second-order valence-electron chi connectivity index (χ2n) is 4.15. The van der Waals surface area contributed by atoms with E-state index in [1.165, 1.54) is 0 Å². The fourth-order valence-corrected chi connectivity index (χ4v) is 1.68. The Labute approximate surface area is 96.3 Å². The molecule has 88 valence electrons. The average Bonchev–Trinajstić information content (AvgIpc) is 2.54. The van der Waals surface area contributed by atoms with Crippen LogP contribution in [0.15, 0.2) is 12.7 Å². The van der Waals surface area contributed by atoms with Crippen LogP contribution in [0.3, 0.4) is 0 Å². The van der Waals surface area contributed by atoms with Gasteiger partial charge in [0, 0.05) is 18.3 Å². The smallest absolute Gasteiger partial charge is 0.258 e. The number of aromatic nitrogens is 2. The number of carbonyl (C=O) groups excluding carboxylic acids is 1. The van der Waals surface area contributed by atoms with Crippen LogP contribution >= 0.6 is 0 Å². The van der Waals surface area contributed by atoms with Gasteiger partial charge in [-0.3, -0.25) is 9.89 Å². The highest BCUT2D eigenvalue weighted by atomic mass is 16.2. The molecule has 1 N–H and O–H groups in total. The maximum Gasteiger partial charge on any atom is 0.258 e. The van der Waals surface area contributed by atoms with E-state index in [4.69, 9.17) is 0 Å². The van der Waals surface area contributed by atoms with Crippen LogP contribution in [0.5, 0.6) is 0 Å². The Bertz CT molecular complexity index is 373. The first-order valence-corrected chi connectivity index (χ1v) is 5.42. The predicted octanol–water partition coefficient (Wildman–Crippen LogP) is 2.06. The van der Waals surface area contributed by atoms with E-state index in [0.717, 1.165) is 11.4 Å². The number of hydrogen-bond acceptors (Lipinski definition) is 2. The molecule has 0 aliphatic rings. The molecule has 0 fully saturated rings. The third-order valence-electron chi connectivity index (χ3n) is 2.55. The molecule has 4 heteroatoms. The van der Waals surface area contributed by atoms with Gasteiger partial charge in [-0.25, -0.2) is 0 Å². The lowest BCUT2D eigenvalue weighted by atomic mass is 10.1. The van der Waals surface area contributed by atoms with Crippen LogP contribution in [0.25, 0.3) is 0 Å². The highest BCUT2D eigenvalue weighted by molar-refractivity contribution is 5.96. The normalized spacial score (nSPS) is 10.6. The van der Waals surface area contributed by atoms with Gasteiger partial charge in [-0.05, 0) is 27.7 Å². The molecule has 4 nitrogen and oxygen atoms in total. The number of amides is 1. The summed E-state index contributed by atoms with van der Waals surface area (Å²) in [6.07, 6.45) is 1.74. The van der Waals surface area contributed by atoms with E-state index >= 15 is 0 Å². The number of H-pyrrole nitrogens is 1. The van der Waals surface area contributed by atoms with Gasteiger partial charge >= 0.3 is 0 Å². The van der Waals surface area contributed by atoms with E-state index in [2.05, 4.69) is 16.8 Å². The van der Waals surface area contributed by atoms with Gasteiger partial charge in [0.05, 0.1) is 11.3 Å². The molecule has 0 aromatic carbocycles. The minimum absolute atomic E-state index is 0.0126. The first kappa shape index (κ1) is 12.5. The summed E-state index contributed by atoms with van der Waals surface area (Å²) in [5.74, 6) is 0.0126. The summed E-state index contributed by atoms with van der Waals surface area (Å²) in [4.78, 5) is 14.1. The number of carbonyl (C=O) groups is 1. The number of rotatable bonds is 4. The van der Waals surface area contributed by atoms with E-state index in [1.807, 2.05) is 27.7 Å². The van der Waals surface area contributed by atoms with Crippen molar-refractivity contribution in [1.29, 1.82) is 0 Å². The quantitative estimate of drug-likeness (QED) is 0.791. The third-order valence-corrected chi connectivity index (χ3v) is 2.55. The van der Waals surface area contributed by atoms with Crippen molar-refractivity contribution in [2.75, 3.05) is 6.54 Å². The fourth-order valence-electron chi connectivity index (χ4n) is 1.68. The first-order chi connectivity index (χ1) is 7.49. The molecule has 0 aliphatic heterocycles. The number of aryl methyl sites for hydroxylation is 2. The molecule has 0 bridgehead atoms. The molecule has 0 saturated carbocycles. The minimum atomic E-state index is 0.0126. The molecule has 0 aliphatic carbocycles. The lowest BCUT2D eigenvalue weighted by molar-refractivity contribution is 0.0727. The van der Waals surface area contributed by atoms with Gasteiger partial charge in [0.15, 0.2) is 0 Å². The molecule has 0 spiro atoms. The van der Waals surface area contributed by atoms with Gasteiger partial charge in [0.25, 0.3) is 5.91 Å². The molecule has 0 atom stereocenters. The number of nitrogens with one attached hydrogen (secondary N) is 1. The van der Waals surface area contributed by atoms with Crippen LogP contribution in [0.1, 0.15) is 35.6 Å². The number of aromatic amines is 1. The zero-order valence-electron chi connectivity index (χ0n) is 10.4. The van der Waals surface area contributed by atoms with E-state index in [0.29, 0.717) is 12.1 Å². The topological polar surface area (TPSA) is 49.0 Å². The van der Waals surface area contributed by atoms with Crippen molar-refractivity contribution in [3.8, 4) is 0 Å². The maximum atomic E-state index is 12.3. The average molecular weight is 221 g/mol. The molecule has 1 amide bonds. The van der Waals surface area contributed by atoms with Crippen molar-refractivity contribution in [1.82, 2.24) is 15.1 Å². The first-order valence-electron chi connectivity index (χ1n) is 5.42. The van der Waals surface area contributed by atoms with E-state index in [-0.39, 0.29) is 11.9 Å². The highest BCUT2D eigenvalue weighted by Gasteiger charge is 2.22. The summed E-state index contributed by atoms with van der Waals surface area (Å²) >= 11 is 0. The standard InChI is InChI=1S/C12H19N3O/c1-6-7-15(8(2)3)12(16)11-9(4)13-14-10(11)5/h6,8H,1,7H2,2-5H3,(H,13,14). The van der Waals surface area contributed by atoms with Crippen LogP contribution in [0, 0.1) is 13.8 Å². The molecule has 1 aromatic rings. The molecular weight excluding hydrogens is 202 g/mol. The summed E-state index contributed by atoms with van der Waals surface area (Å²) in [6, 6.07) is 0.152. The second-order valence-corrected chi connectivity index (χ2v) is 4.15. The monoisotopic (exact) mass is 221 g/mol. The Hall–Kier alpha value is -1.58. The molecule has 1 rings (SSSR count). The lowest BCUT2D eigenvalue weighted by Crippen LogP contribution is -2.37. The van der Waals surface area contributed by atoms with Crippen molar-refractivity contribution < 1.29 is 4.79 Å². The van der Waals surface area contributed by atoms with Crippen molar-refractivity contribution in [2.45, 2.75) is 33.7 Å². The molecule has 1 heterocycles. The minimum Gasteiger partial charge on any atom is -0.332 e. The molecule has 16 heavy (non-hydrogen) atoms. The van der Waals surface area contributed by atoms with Gasteiger partial charge in [-0.2, -0.15) is 5.10 Å². The summed E-state index contributed by atoms with van der Waals surface area (Å²) in [5, 5.41) is 6.87. The van der Waals surface area contributed by atoms with Crippen molar-refractivity contribution in [2.24, 2.45) is 0 Å². The Morgan fingerprint density at radius 3 is 2.56 bits per heavy atom. The van der Waals surface area contributed by atoms with Crippen molar-refractivity contribution in [3.63, 3.8) is 0 Å². The largest absolute Gasteiger partial charge is 0.332 e. The Morgan fingerprint density at radius 2 is 2.19 bits per heavy atom. The van der Waals surface area contributed by atoms with E-state index < -0.39 is 0 Å². The Balaban J connectivity index is 3.03.